The fourth-order valence-corrected chi connectivity index (χ4v) is 2.43. The van der Waals surface area contributed by atoms with Crippen LogP contribution in [0.2, 0.25) is 0 Å². The van der Waals surface area contributed by atoms with Gasteiger partial charge < -0.3 is 25.9 Å². The van der Waals surface area contributed by atoms with E-state index in [0.29, 0.717) is 29.0 Å². The van der Waals surface area contributed by atoms with Crippen molar-refractivity contribution in [3.05, 3.63) is 64.1 Å². The molecule has 1 aliphatic heterocycles. The Balaban J connectivity index is 0.000000156. The van der Waals surface area contributed by atoms with Crippen LogP contribution < -0.4 is 21.3 Å². The number of carboxylic acid groups (broad SMARTS) is 1. The Morgan fingerprint density at radius 2 is 2.00 bits per heavy atom. The summed E-state index contributed by atoms with van der Waals surface area (Å²) in [5.41, 5.74) is 6.97. The molecule has 0 saturated carbocycles. The zero-order chi connectivity index (χ0) is 19.4. The van der Waals surface area contributed by atoms with Gasteiger partial charge in [0.2, 0.25) is 5.69 Å². The third-order valence-electron chi connectivity index (χ3n) is 3.71. The van der Waals surface area contributed by atoms with Crippen molar-refractivity contribution in [3.8, 4) is 5.75 Å². The average molecular weight is 368 g/mol. The predicted octanol–water partition coefficient (Wildman–Crippen LogP) is 1.10. The van der Waals surface area contributed by atoms with E-state index in [1.807, 2.05) is 18.2 Å². The minimum absolute atomic E-state index is 0.0922. The van der Waals surface area contributed by atoms with E-state index in [4.69, 9.17) is 15.6 Å². The van der Waals surface area contributed by atoms with Gasteiger partial charge in [-0.25, -0.2) is 9.78 Å². The number of aromatic amines is 1. The number of benzene rings is 2. The zero-order valence-corrected chi connectivity index (χ0v) is 14.1. The number of para-hydroxylation sites is 2. The number of rotatable bonds is 2. The second kappa shape index (κ2) is 7.67. The highest BCUT2D eigenvalue weighted by Crippen LogP contribution is 2.28. The van der Waals surface area contributed by atoms with Crippen LogP contribution in [0.25, 0.3) is 11.0 Å². The highest BCUT2D eigenvalue weighted by molar-refractivity contribution is 5.95. The van der Waals surface area contributed by atoms with Crippen LogP contribution in [-0.4, -0.2) is 33.6 Å². The lowest BCUT2D eigenvalue weighted by Gasteiger charge is -2.18. The van der Waals surface area contributed by atoms with Gasteiger partial charge in [0.1, 0.15) is 5.75 Å². The number of amides is 1. The number of hydrogen-bond donors (Lipinski definition) is 4. The lowest BCUT2D eigenvalue weighted by Crippen LogP contribution is -2.25. The van der Waals surface area contributed by atoms with Crippen LogP contribution in [0.15, 0.2) is 47.3 Å². The Labute approximate surface area is 152 Å². The molecule has 0 radical (unpaired) electrons. The van der Waals surface area contributed by atoms with Crippen LogP contribution >= 0.6 is 0 Å². The summed E-state index contributed by atoms with van der Waals surface area (Å²) in [4.78, 5) is 38.9. The van der Waals surface area contributed by atoms with Gasteiger partial charge in [-0.3, -0.25) is 9.59 Å². The largest absolute Gasteiger partial charge is 0.482 e. The normalized spacial score (nSPS) is 12.3. The number of fused-ring (bicyclic) bond motifs is 2. The van der Waals surface area contributed by atoms with Gasteiger partial charge in [-0.05, 0) is 29.8 Å². The first-order valence-corrected chi connectivity index (χ1v) is 7.96. The molecule has 5 N–H and O–H groups in total. The van der Waals surface area contributed by atoms with Crippen LogP contribution in [0.1, 0.15) is 16.1 Å². The number of nitrogens with two attached hydrogens (primary N) is 1. The number of H-pyrrole nitrogens is 1. The fourth-order valence-electron chi connectivity index (χ4n) is 2.43. The van der Waals surface area contributed by atoms with Gasteiger partial charge >= 0.3 is 5.97 Å². The van der Waals surface area contributed by atoms with Gasteiger partial charge in [0, 0.05) is 6.54 Å². The summed E-state index contributed by atoms with van der Waals surface area (Å²) < 4.78 is 5.18. The molecular formula is C18H16N4O5. The molecule has 1 aromatic heterocycles. The van der Waals surface area contributed by atoms with Crippen LogP contribution in [0.5, 0.6) is 5.75 Å². The number of aromatic nitrogens is 2. The van der Waals surface area contributed by atoms with Gasteiger partial charge in [0.05, 0.1) is 16.7 Å². The highest BCUT2D eigenvalue weighted by Gasteiger charge is 2.15. The maximum Gasteiger partial charge on any atom is 0.360 e. The second-order valence-electron chi connectivity index (χ2n) is 5.61. The minimum Gasteiger partial charge on any atom is -0.482 e. The Hall–Kier alpha value is -3.72. The molecular weight excluding hydrogens is 352 g/mol. The molecule has 0 unspecified atom stereocenters. The van der Waals surface area contributed by atoms with E-state index in [9.17, 15) is 14.4 Å². The smallest absolute Gasteiger partial charge is 0.360 e. The molecule has 1 amide bonds. The van der Waals surface area contributed by atoms with Gasteiger partial charge in [-0.2, -0.15) is 0 Å². The van der Waals surface area contributed by atoms with Crippen LogP contribution in [0.4, 0.5) is 5.69 Å². The number of nitrogens with zero attached hydrogens (tertiary/aromatic N) is 1. The van der Waals surface area contributed by atoms with E-state index in [-0.39, 0.29) is 12.5 Å². The maximum atomic E-state index is 11.2. The predicted molar refractivity (Wildman–Crippen MR) is 97.8 cm³/mol. The van der Waals surface area contributed by atoms with E-state index >= 15 is 0 Å². The molecule has 2 heterocycles. The van der Waals surface area contributed by atoms with Crippen LogP contribution in [0, 0.1) is 0 Å². The van der Waals surface area contributed by atoms with Gasteiger partial charge in [0.15, 0.2) is 6.61 Å². The molecule has 9 nitrogen and oxygen atoms in total. The van der Waals surface area contributed by atoms with Crippen molar-refractivity contribution in [2.45, 2.75) is 6.54 Å². The van der Waals surface area contributed by atoms with Gasteiger partial charge in [0.25, 0.3) is 11.5 Å². The first-order chi connectivity index (χ1) is 13.0. The first kappa shape index (κ1) is 18.1. The highest BCUT2D eigenvalue weighted by atomic mass is 16.5. The number of carbonyl (C=O) groups is 2. The number of nitrogens with one attached hydrogen (secondary N) is 2. The van der Waals surface area contributed by atoms with E-state index in [1.165, 1.54) is 0 Å². The second-order valence-corrected chi connectivity index (χ2v) is 5.61. The topological polar surface area (TPSA) is 147 Å². The summed E-state index contributed by atoms with van der Waals surface area (Å²) in [5.74, 6) is -0.740. The van der Waals surface area contributed by atoms with E-state index < -0.39 is 17.2 Å². The Bertz CT molecular complexity index is 1080. The number of hydrogen-bond acceptors (Lipinski definition) is 6. The molecule has 9 heteroatoms. The van der Waals surface area contributed by atoms with Gasteiger partial charge in [-0.1, -0.05) is 18.2 Å². The first-order valence-electron chi connectivity index (χ1n) is 7.96. The molecule has 0 bridgehead atoms. The molecule has 0 saturated heterocycles. The lowest BCUT2D eigenvalue weighted by atomic mass is 10.1. The number of anilines is 1. The molecule has 0 spiro atoms. The van der Waals surface area contributed by atoms with E-state index in [0.717, 1.165) is 5.56 Å². The SMILES string of the molecule is NCc1ccc2c(c1)NC(=O)CO2.O=C(O)c1nc2ccccc2[nH]c1=O. The van der Waals surface area contributed by atoms with Crippen molar-refractivity contribution in [2.75, 3.05) is 11.9 Å². The van der Waals surface area contributed by atoms with E-state index in [1.54, 1.807) is 24.3 Å². The maximum absolute atomic E-state index is 11.2. The van der Waals surface area contributed by atoms with Gasteiger partial charge in [-0.15, -0.1) is 0 Å². The Morgan fingerprint density at radius 1 is 1.22 bits per heavy atom. The average Bonchev–Trinajstić information content (AvgIpc) is 2.67. The molecule has 2 aromatic carbocycles. The molecule has 138 valence electrons. The van der Waals surface area contributed by atoms with Crippen molar-refractivity contribution in [1.29, 1.82) is 0 Å². The number of aromatic carboxylic acids is 1. The summed E-state index contributed by atoms with van der Waals surface area (Å²) in [7, 11) is 0. The molecule has 3 aromatic rings. The summed E-state index contributed by atoms with van der Waals surface area (Å²) in [5, 5.41) is 11.4. The van der Waals surface area contributed by atoms with E-state index in [2.05, 4.69) is 15.3 Å². The van der Waals surface area contributed by atoms with Crippen molar-refractivity contribution in [2.24, 2.45) is 5.73 Å². The van der Waals surface area contributed by atoms with Crippen molar-refractivity contribution < 1.29 is 19.4 Å². The summed E-state index contributed by atoms with van der Waals surface area (Å²) in [6.45, 7) is 0.554. The minimum atomic E-state index is -1.32. The molecule has 0 atom stereocenters. The summed E-state index contributed by atoms with van der Waals surface area (Å²) in [6.07, 6.45) is 0. The summed E-state index contributed by atoms with van der Waals surface area (Å²) in [6, 6.07) is 12.3. The van der Waals surface area contributed by atoms with Crippen molar-refractivity contribution in [1.82, 2.24) is 9.97 Å². The van der Waals surface area contributed by atoms with Crippen molar-refractivity contribution >= 4 is 28.6 Å². The quantitative estimate of drug-likeness (QED) is 0.529. The fraction of sp³-hybridized carbons (Fsp3) is 0.111. The number of ether oxygens (including phenoxy) is 1. The molecule has 0 fully saturated rings. The summed E-state index contributed by atoms with van der Waals surface area (Å²) >= 11 is 0. The lowest BCUT2D eigenvalue weighted by molar-refractivity contribution is -0.118. The monoisotopic (exact) mass is 368 g/mol. The zero-order valence-electron chi connectivity index (χ0n) is 14.1. The molecule has 4 rings (SSSR count). The molecule has 27 heavy (non-hydrogen) atoms. The third-order valence-corrected chi connectivity index (χ3v) is 3.71. The third kappa shape index (κ3) is 4.10. The molecule has 1 aliphatic rings. The van der Waals surface area contributed by atoms with Crippen LogP contribution in [-0.2, 0) is 11.3 Å². The standard InChI is InChI=1S/C9H6N2O3.C9H10N2O2/c12-8-7(9(13)14)10-5-3-1-2-4-6(5)11-8;10-4-6-1-2-8-7(3-6)11-9(12)5-13-8/h1-4H,(H,11,12)(H,13,14);1-3H,4-5,10H2,(H,11,12). The molecule has 0 aliphatic carbocycles. The Morgan fingerprint density at radius 3 is 2.74 bits per heavy atom. The van der Waals surface area contributed by atoms with Crippen molar-refractivity contribution in [3.63, 3.8) is 0 Å². The van der Waals surface area contributed by atoms with Crippen LogP contribution in [0.3, 0.4) is 0 Å². The number of carboxylic acids is 1. The number of carbonyl (C=O) groups excluding carboxylic acids is 1. The Kier molecular flexibility index (Phi) is 5.13.